The summed E-state index contributed by atoms with van der Waals surface area (Å²) < 4.78 is 36.6. The number of halogens is 3. The van der Waals surface area contributed by atoms with Gasteiger partial charge in [0.15, 0.2) is 0 Å². The van der Waals surface area contributed by atoms with E-state index in [0.29, 0.717) is 0 Å². The first-order valence-corrected chi connectivity index (χ1v) is 3.84. The lowest BCUT2D eigenvalue weighted by Crippen LogP contribution is -2.42. The standard InChI is InChI=1S/C9H9F3O2/c1-6-4-2-3-5-7(6)8(13,14)9(10,11)12/h2-5,13-14H,1H3. The van der Waals surface area contributed by atoms with Crippen LogP contribution in [0.4, 0.5) is 13.2 Å². The Morgan fingerprint density at radius 2 is 1.57 bits per heavy atom. The molecule has 1 aromatic carbocycles. The Kier molecular flexibility index (Phi) is 2.56. The third kappa shape index (κ3) is 1.73. The third-order valence-electron chi connectivity index (χ3n) is 1.92. The second-order valence-corrected chi connectivity index (χ2v) is 2.98. The largest absolute Gasteiger partial charge is 0.447 e. The summed E-state index contributed by atoms with van der Waals surface area (Å²) in [5.41, 5.74) is -0.373. The normalized spacial score (nSPS) is 13.0. The molecule has 2 N–H and O–H groups in total. The van der Waals surface area contributed by atoms with Crippen LogP contribution in [0.5, 0.6) is 0 Å². The highest BCUT2D eigenvalue weighted by Gasteiger charge is 2.54. The average Bonchev–Trinajstić information content (AvgIpc) is 2.02. The van der Waals surface area contributed by atoms with Crippen molar-refractivity contribution < 1.29 is 23.4 Å². The van der Waals surface area contributed by atoms with Crippen molar-refractivity contribution in [2.24, 2.45) is 0 Å². The van der Waals surface area contributed by atoms with Gasteiger partial charge >= 0.3 is 6.18 Å². The van der Waals surface area contributed by atoms with Crippen LogP contribution in [0.25, 0.3) is 0 Å². The van der Waals surface area contributed by atoms with E-state index >= 15 is 0 Å². The lowest BCUT2D eigenvalue weighted by Gasteiger charge is -2.26. The molecule has 0 bridgehead atoms. The molecule has 0 aromatic heterocycles. The minimum atomic E-state index is -5.10. The van der Waals surface area contributed by atoms with Crippen LogP contribution in [-0.2, 0) is 5.79 Å². The quantitative estimate of drug-likeness (QED) is 0.686. The molecule has 0 heterocycles. The van der Waals surface area contributed by atoms with Crippen molar-refractivity contribution in [1.29, 1.82) is 0 Å². The summed E-state index contributed by atoms with van der Waals surface area (Å²) in [4.78, 5) is 0. The summed E-state index contributed by atoms with van der Waals surface area (Å²) in [5, 5.41) is 17.9. The van der Waals surface area contributed by atoms with Crippen molar-refractivity contribution in [1.82, 2.24) is 0 Å². The van der Waals surface area contributed by atoms with E-state index in [1.807, 2.05) is 0 Å². The van der Waals surface area contributed by atoms with Gasteiger partial charge in [-0.2, -0.15) is 13.2 Å². The van der Waals surface area contributed by atoms with Crippen LogP contribution in [0, 0.1) is 6.92 Å². The fourth-order valence-electron chi connectivity index (χ4n) is 1.12. The maximum atomic E-state index is 12.2. The molecule has 14 heavy (non-hydrogen) atoms. The summed E-state index contributed by atoms with van der Waals surface area (Å²) in [7, 11) is 0. The molecule has 0 unspecified atom stereocenters. The fraction of sp³-hybridized carbons (Fsp3) is 0.333. The molecule has 5 heteroatoms. The molecular weight excluding hydrogens is 197 g/mol. The van der Waals surface area contributed by atoms with Gasteiger partial charge in [-0.3, -0.25) is 0 Å². The molecule has 0 saturated carbocycles. The smallest absolute Gasteiger partial charge is 0.355 e. The van der Waals surface area contributed by atoms with E-state index in [-0.39, 0.29) is 5.56 Å². The lowest BCUT2D eigenvalue weighted by molar-refractivity contribution is -0.358. The SMILES string of the molecule is Cc1ccccc1C(O)(O)C(F)(F)F. The number of hydrogen-bond acceptors (Lipinski definition) is 2. The van der Waals surface area contributed by atoms with Crippen LogP contribution in [0.2, 0.25) is 0 Å². The highest BCUT2D eigenvalue weighted by Crippen LogP contribution is 2.37. The molecule has 2 nitrogen and oxygen atoms in total. The van der Waals surface area contributed by atoms with Crippen LogP contribution in [0.3, 0.4) is 0 Å². The zero-order valence-electron chi connectivity index (χ0n) is 7.34. The van der Waals surface area contributed by atoms with Gasteiger partial charge in [-0.25, -0.2) is 0 Å². The fourth-order valence-corrected chi connectivity index (χ4v) is 1.12. The first-order valence-electron chi connectivity index (χ1n) is 3.84. The van der Waals surface area contributed by atoms with E-state index < -0.39 is 17.5 Å². The van der Waals surface area contributed by atoms with Crippen molar-refractivity contribution in [2.75, 3.05) is 0 Å². The van der Waals surface area contributed by atoms with Crippen molar-refractivity contribution >= 4 is 0 Å². The van der Waals surface area contributed by atoms with E-state index in [1.54, 1.807) is 0 Å². The minimum absolute atomic E-state index is 0.176. The molecule has 0 amide bonds. The molecule has 1 aromatic rings. The number of alkyl halides is 3. The zero-order chi connectivity index (χ0) is 11.0. The van der Waals surface area contributed by atoms with Crippen LogP contribution >= 0.6 is 0 Å². The number of hydrogen-bond donors (Lipinski definition) is 2. The molecule has 0 saturated heterocycles. The maximum absolute atomic E-state index is 12.2. The van der Waals surface area contributed by atoms with Gasteiger partial charge in [-0.05, 0) is 12.5 Å². The van der Waals surface area contributed by atoms with E-state index in [1.165, 1.54) is 25.1 Å². The summed E-state index contributed by atoms with van der Waals surface area (Å²) in [6.07, 6.45) is -5.10. The molecule has 0 radical (unpaired) electrons. The topological polar surface area (TPSA) is 40.5 Å². The summed E-state index contributed by atoms with van der Waals surface area (Å²) >= 11 is 0. The van der Waals surface area contributed by atoms with E-state index in [4.69, 9.17) is 10.2 Å². The van der Waals surface area contributed by atoms with E-state index in [2.05, 4.69) is 0 Å². The van der Waals surface area contributed by atoms with E-state index in [0.717, 1.165) is 6.07 Å². The van der Waals surface area contributed by atoms with Gasteiger partial charge in [-0.15, -0.1) is 0 Å². The molecule has 0 aliphatic rings. The summed E-state index contributed by atoms with van der Waals surface area (Å²) in [6, 6.07) is 5.24. The maximum Gasteiger partial charge on any atom is 0.447 e. The monoisotopic (exact) mass is 206 g/mol. The van der Waals surface area contributed by atoms with Crippen molar-refractivity contribution in [2.45, 2.75) is 18.9 Å². The van der Waals surface area contributed by atoms with Crippen LogP contribution < -0.4 is 0 Å². The van der Waals surface area contributed by atoms with Crippen molar-refractivity contribution in [3.8, 4) is 0 Å². The number of rotatable bonds is 1. The molecular formula is C9H9F3O2. The van der Waals surface area contributed by atoms with Crippen molar-refractivity contribution in [3.05, 3.63) is 35.4 Å². The predicted octanol–water partition coefficient (Wildman–Crippen LogP) is 1.69. The van der Waals surface area contributed by atoms with Crippen molar-refractivity contribution in [3.63, 3.8) is 0 Å². The zero-order valence-corrected chi connectivity index (χ0v) is 7.34. The molecule has 78 valence electrons. The Hall–Kier alpha value is -1.07. The molecule has 1 rings (SSSR count). The van der Waals surface area contributed by atoms with Gasteiger partial charge < -0.3 is 10.2 Å². The second kappa shape index (κ2) is 3.25. The van der Waals surface area contributed by atoms with Gasteiger partial charge in [0.1, 0.15) is 0 Å². The first kappa shape index (κ1) is 11.0. The Morgan fingerprint density at radius 3 is 2.00 bits per heavy atom. The molecule has 0 fully saturated rings. The minimum Gasteiger partial charge on any atom is -0.355 e. The Labute approximate surface area is 78.6 Å². The van der Waals surface area contributed by atoms with Gasteiger partial charge in [0, 0.05) is 5.56 Å². The van der Waals surface area contributed by atoms with Gasteiger partial charge in [-0.1, -0.05) is 24.3 Å². The Bertz CT molecular complexity index is 331. The Morgan fingerprint density at radius 1 is 1.07 bits per heavy atom. The number of aliphatic hydroxyl groups is 2. The second-order valence-electron chi connectivity index (χ2n) is 2.98. The van der Waals surface area contributed by atoms with E-state index in [9.17, 15) is 13.2 Å². The predicted molar refractivity (Wildman–Crippen MR) is 43.3 cm³/mol. The first-order chi connectivity index (χ1) is 6.27. The lowest BCUT2D eigenvalue weighted by atomic mass is 10.0. The number of aryl methyl sites for hydroxylation is 1. The van der Waals surface area contributed by atoms with Gasteiger partial charge in [0.2, 0.25) is 0 Å². The van der Waals surface area contributed by atoms with Crippen LogP contribution in [-0.4, -0.2) is 16.4 Å². The van der Waals surface area contributed by atoms with Crippen LogP contribution in [0.15, 0.2) is 24.3 Å². The van der Waals surface area contributed by atoms with Crippen LogP contribution in [0.1, 0.15) is 11.1 Å². The number of benzene rings is 1. The highest BCUT2D eigenvalue weighted by molar-refractivity contribution is 5.30. The highest BCUT2D eigenvalue weighted by atomic mass is 19.4. The molecule has 0 atom stereocenters. The third-order valence-corrected chi connectivity index (χ3v) is 1.92. The Balaban J connectivity index is 3.23. The summed E-state index contributed by atoms with van der Waals surface area (Å²) in [5.74, 6) is -3.78. The van der Waals surface area contributed by atoms with Gasteiger partial charge in [0.05, 0.1) is 0 Å². The van der Waals surface area contributed by atoms with Gasteiger partial charge in [0.25, 0.3) is 5.79 Å². The molecule has 0 spiro atoms. The molecule has 0 aliphatic heterocycles. The average molecular weight is 206 g/mol. The summed E-state index contributed by atoms with van der Waals surface area (Å²) in [6.45, 7) is 1.38. The molecule has 0 aliphatic carbocycles.